The molecule has 22 heavy (non-hydrogen) atoms. The van der Waals surface area contributed by atoms with Gasteiger partial charge in [-0.3, -0.25) is 0 Å². The Kier molecular flexibility index (Phi) is 3.67. The number of fused-ring (bicyclic) bond motifs is 3. The van der Waals surface area contributed by atoms with Gasteiger partial charge in [0.25, 0.3) is 0 Å². The SMILES string of the molecule is CNCCc1cc(O)c(C)c2c1ccc1cc(O)c(C)cc12. The summed E-state index contributed by atoms with van der Waals surface area (Å²) in [5.74, 6) is 0.636. The number of rotatable bonds is 3. The molecule has 0 aliphatic heterocycles. The van der Waals surface area contributed by atoms with E-state index in [0.717, 1.165) is 45.8 Å². The van der Waals surface area contributed by atoms with Gasteiger partial charge in [-0.25, -0.2) is 0 Å². The van der Waals surface area contributed by atoms with E-state index >= 15 is 0 Å². The smallest absolute Gasteiger partial charge is 0.119 e. The van der Waals surface area contributed by atoms with Crippen LogP contribution in [0, 0.1) is 13.8 Å². The lowest BCUT2D eigenvalue weighted by atomic mass is 9.92. The molecule has 3 aromatic rings. The average Bonchev–Trinajstić information content (AvgIpc) is 2.50. The van der Waals surface area contributed by atoms with Gasteiger partial charge in [0.05, 0.1) is 0 Å². The molecular weight excluding hydrogens is 274 g/mol. The molecule has 0 spiro atoms. The summed E-state index contributed by atoms with van der Waals surface area (Å²) in [6.07, 6.45) is 0.864. The maximum Gasteiger partial charge on any atom is 0.119 e. The van der Waals surface area contributed by atoms with Crippen LogP contribution in [0.25, 0.3) is 21.5 Å². The zero-order valence-corrected chi connectivity index (χ0v) is 13.2. The summed E-state index contributed by atoms with van der Waals surface area (Å²) in [4.78, 5) is 0. The predicted molar refractivity (Wildman–Crippen MR) is 91.9 cm³/mol. The van der Waals surface area contributed by atoms with E-state index in [1.165, 1.54) is 5.39 Å². The highest BCUT2D eigenvalue weighted by molar-refractivity contribution is 6.11. The fourth-order valence-electron chi connectivity index (χ4n) is 3.09. The Morgan fingerprint density at radius 3 is 2.45 bits per heavy atom. The molecule has 0 saturated carbocycles. The van der Waals surface area contributed by atoms with Gasteiger partial charge in [0.1, 0.15) is 11.5 Å². The second-order valence-electron chi connectivity index (χ2n) is 5.88. The third-order valence-electron chi connectivity index (χ3n) is 4.40. The van der Waals surface area contributed by atoms with Gasteiger partial charge in [0, 0.05) is 0 Å². The molecule has 3 aromatic carbocycles. The molecule has 0 saturated heterocycles. The Hall–Kier alpha value is -2.26. The maximum absolute atomic E-state index is 10.3. The Morgan fingerprint density at radius 2 is 1.73 bits per heavy atom. The van der Waals surface area contributed by atoms with Crippen molar-refractivity contribution >= 4 is 21.5 Å². The molecule has 0 fully saturated rings. The summed E-state index contributed by atoms with van der Waals surface area (Å²) in [5, 5.41) is 27.7. The number of hydrogen-bond donors (Lipinski definition) is 3. The molecule has 0 bridgehead atoms. The van der Waals surface area contributed by atoms with E-state index in [0.29, 0.717) is 11.5 Å². The summed E-state index contributed by atoms with van der Waals surface area (Å²) in [6.45, 7) is 4.71. The summed E-state index contributed by atoms with van der Waals surface area (Å²) < 4.78 is 0. The van der Waals surface area contributed by atoms with E-state index < -0.39 is 0 Å². The molecular formula is C19H21NO2. The van der Waals surface area contributed by atoms with Gasteiger partial charge in [-0.15, -0.1) is 0 Å². The van der Waals surface area contributed by atoms with Crippen LogP contribution in [0.2, 0.25) is 0 Å². The minimum absolute atomic E-state index is 0.306. The van der Waals surface area contributed by atoms with Gasteiger partial charge in [-0.05, 0) is 90.3 Å². The van der Waals surface area contributed by atoms with Crippen molar-refractivity contribution in [3.05, 3.63) is 47.0 Å². The Morgan fingerprint density at radius 1 is 0.955 bits per heavy atom. The quantitative estimate of drug-likeness (QED) is 0.644. The zero-order chi connectivity index (χ0) is 15.9. The number of likely N-dealkylation sites (N-methyl/N-ethyl adjacent to an activating group) is 1. The normalized spacial score (nSPS) is 11.4. The Labute approximate surface area is 130 Å². The number of phenols is 2. The molecule has 0 aliphatic carbocycles. The highest BCUT2D eigenvalue weighted by atomic mass is 16.3. The number of nitrogens with one attached hydrogen (secondary N) is 1. The van der Waals surface area contributed by atoms with Crippen LogP contribution < -0.4 is 5.32 Å². The van der Waals surface area contributed by atoms with E-state index in [1.54, 1.807) is 6.07 Å². The van der Waals surface area contributed by atoms with Crippen LogP contribution in [-0.4, -0.2) is 23.8 Å². The fourth-order valence-corrected chi connectivity index (χ4v) is 3.09. The average molecular weight is 295 g/mol. The molecule has 114 valence electrons. The van der Waals surface area contributed by atoms with Crippen LogP contribution >= 0.6 is 0 Å². The van der Waals surface area contributed by atoms with Gasteiger partial charge in [-0.2, -0.15) is 0 Å². The standard InChI is InChI=1S/C19H21NO2/c1-11-8-16-13(9-17(11)21)4-5-15-14(6-7-20-3)10-18(22)12(2)19(15)16/h4-5,8-10,20-22H,6-7H2,1-3H3. The lowest BCUT2D eigenvalue weighted by Crippen LogP contribution is -2.10. The van der Waals surface area contributed by atoms with E-state index in [9.17, 15) is 10.2 Å². The van der Waals surface area contributed by atoms with Crippen molar-refractivity contribution in [3.8, 4) is 11.5 Å². The van der Waals surface area contributed by atoms with E-state index in [1.807, 2.05) is 39.1 Å². The second-order valence-corrected chi connectivity index (χ2v) is 5.88. The highest BCUT2D eigenvalue weighted by Gasteiger charge is 2.12. The number of aryl methyl sites for hydroxylation is 2. The summed E-state index contributed by atoms with van der Waals surface area (Å²) in [7, 11) is 1.93. The minimum atomic E-state index is 0.306. The first kappa shape index (κ1) is 14.7. The van der Waals surface area contributed by atoms with Crippen LogP contribution in [0.4, 0.5) is 0 Å². The highest BCUT2D eigenvalue weighted by Crippen LogP contribution is 2.37. The van der Waals surface area contributed by atoms with Gasteiger partial charge < -0.3 is 15.5 Å². The zero-order valence-electron chi connectivity index (χ0n) is 13.2. The monoisotopic (exact) mass is 295 g/mol. The molecule has 0 atom stereocenters. The maximum atomic E-state index is 10.3. The minimum Gasteiger partial charge on any atom is -0.508 e. The lowest BCUT2D eigenvalue weighted by Gasteiger charge is -2.14. The number of benzene rings is 3. The Balaban J connectivity index is 2.41. The Bertz CT molecular complexity index is 869. The molecule has 0 unspecified atom stereocenters. The number of hydrogen-bond acceptors (Lipinski definition) is 3. The van der Waals surface area contributed by atoms with Crippen LogP contribution in [-0.2, 0) is 6.42 Å². The third kappa shape index (κ3) is 2.28. The second kappa shape index (κ2) is 5.50. The van der Waals surface area contributed by atoms with Gasteiger partial charge in [-0.1, -0.05) is 12.1 Å². The van der Waals surface area contributed by atoms with Gasteiger partial charge in [0.15, 0.2) is 0 Å². The molecule has 0 heterocycles. The number of phenolic OH excluding ortho intramolecular Hbond substituents is 2. The van der Waals surface area contributed by atoms with Crippen LogP contribution in [0.1, 0.15) is 16.7 Å². The van der Waals surface area contributed by atoms with Crippen molar-refractivity contribution in [2.24, 2.45) is 0 Å². The van der Waals surface area contributed by atoms with Crippen molar-refractivity contribution in [3.63, 3.8) is 0 Å². The predicted octanol–water partition coefficient (Wildman–Crippen LogP) is 3.78. The van der Waals surface area contributed by atoms with E-state index in [-0.39, 0.29) is 0 Å². The molecule has 0 aromatic heterocycles. The molecule has 3 rings (SSSR count). The molecule has 0 aliphatic rings. The van der Waals surface area contributed by atoms with Crippen LogP contribution in [0.5, 0.6) is 11.5 Å². The molecule has 3 N–H and O–H groups in total. The first-order valence-corrected chi connectivity index (χ1v) is 7.55. The summed E-state index contributed by atoms with van der Waals surface area (Å²) in [6, 6.07) is 9.79. The topological polar surface area (TPSA) is 52.5 Å². The van der Waals surface area contributed by atoms with Crippen molar-refractivity contribution in [1.82, 2.24) is 5.32 Å². The molecule has 3 heteroatoms. The first-order valence-electron chi connectivity index (χ1n) is 7.55. The summed E-state index contributed by atoms with van der Waals surface area (Å²) in [5.41, 5.74) is 2.87. The van der Waals surface area contributed by atoms with Crippen molar-refractivity contribution in [2.75, 3.05) is 13.6 Å². The van der Waals surface area contributed by atoms with Gasteiger partial charge in [0.2, 0.25) is 0 Å². The third-order valence-corrected chi connectivity index (χ3v) is 4.40. The molecule has 0 amide bonds. The fraction of sp³-hybridized carbons (Fsp3) is 0.263. The first-order chi connectivity index (χ1) is 10.5. The van der Waals surface area contributed by atoms with Crippen LogP contribution in [0.15, 0.2) is 30.3 Å². The van der Waals surface area contributed by atoms with Crippen molar-refractivity contribution < 1.29 is 10.2 Å². The lowest BCUT2D eigenvalue weighted by molar-refractivity contribution is 0.471. The number of aromatic hydroxyl groups is 2. The van der Waals surface area contributed by atoms with Gasteiger partial charge >= 0.3 is 0 Å². The summed E-state index contributed by atoms with van der Waals surface area (Å²) >= 11 is 0. The van der Waals surface area contributed by atoms with E-state index in [2.05, 4.69) is 11.4 Å². The molecule has 0 radical (unpaired) electrons. The van der Waals surface area contributed by atoms with Crippen molar-refractivity contribution in [1.29, 1.82) is 0 Å². The van der Waals surface area contributed by atoms with Crippen LogP contribution in [0.3, 0.4) is 0 Å². The largest absolute Gasteiger partial charge is 0.508 e. The molecule has 3 nitrogen and oxygen atoms in total. The van der Waals surface area contributed by atoms with E-state index in [4.69, 9.17) is 0 Å². The van der Waals surface area contributed by atoms with Crippen molar-refractivity contribution in [2.45, 2.75) is 20.3 Å².